The molecule has 35 heavy (non-hydrogen) atoms. The summed E-state index contributed by atoms with van der Waals surface area (Å²) in [5.41, 5.74) is 1.12. The molecule has 1 fully saturated rings. The summed E-state index contributed by atoms with van der Waals surface area (Å²) in [5, 5.41) is 11.4. The first kappa shape index (κ1) is 26.1. The van der Waals surface area contributed by atoms with Crippen molar-refractivity contribution in [3.8, 4) is 17.2 Å². The van der Waals surface area contributed by atoms with E-state index in [9.17, 15) is 14.7 Å². The van der Waals surface area contributed by atoms with Crippen LogP contribution in [0.5, 0.6) is 17.2 Å². The van der Waals surface area contributed by atoms with Gasteiger partial charge in [-0.15, -0.1) is 0 Å². The van der Waals surface area contributed by atoms with Crippen molar-refractivity contribution in [3.05, 3.63) is 59.2 Å². The molecule has 0 radical (unpaired) electrons. The molecular weight excluding hydrogens is 446 g/mol. The number of nitrogens with zero attached hydrogens (tertiary/aromatic N) is 1. The number of rotatable bonds is 12. The Labute approximate surface area is 207 Å². The van der Waals surface area contributed by atoms with Gasteiger partial charge in [0.15, 0.2) is 0 Å². The summed E-state index contributed by atoms with van der Waals surface area (Å²) >= 11 is 0. The number of benzene rings is 2. The quantitative estimate of drug-likeness (QED) is 0.187. The lowest BCUT2D eigenvalue weighted by Crippen LogP contribution is -2.30. The van der Waals surface area contributed by atoms with Crippen LogP contribution >= 0.6 is 0 Å². The molecule has 1 N–H and O–H groups in total. The van der Waals surface area contributed by atoms with Gasteiger partial charge in [0, 0.05) is 12.6 Å². The Morgan fingerprint density at radius 2 is 1.57 bits per heavy atom. The van der Waals surface area contributed by atoms with Gasteiger partial charge in [0.1, 0.15) is 23.0 Å². The maximum atomic E-state index is 13.2. The molecule has 7 heteroatoms. The van der Waals surface area contributed by atoms with Crippen molar-refractivity contribution in [1.29, 1.82) is 0 Å². The number of likely N-dealkylation sites (tertiary alicyclic amines) is 1. The Kier molecular flexibility index (Phi) is 9.18. The number of aliphatic hydroxyl groups excluding tert-OH is 1. The van der Waals surface area contributed by atoms with Crippen LogP contribution in [0.2, 0.25) is 0 Å². The van der Waals surface area contributed by atoms with Crippen LogP contribution in [0.15, 0.2) is 48.0 Å². The molecule has 2 aromatic rings. The summed E-state index contributed by atoms with van der Waals surface area (Å²) in [4.78, 5) is 27.7. The van der Waals surface area contributed by atoms with E-state index in [1.807, 2.05) is 45.0 Å². The van der Waals surface area contributed by atoms with E-state index in [1.165, 1.54) is 4.90 Å². The molecule has 0 bridgehead atoms. The van der Waals surface area contributed by atoms with E-state index in [4.69, 9.17) is 14.2 Å². The smallest absolute Gasteiger partial charge is 0.295 e. The number of carbonyl (C=O) groups excluding carboxylic acids is 2. The number of ketones is 1. The van der Waals surface area contributed by atoms with E-state index in [0.29, 0.717) is 49.8 Å². The normalized spacial score (nSPS) is 17.0. The molecule has 0 aliphatic carbocycles. The van der Waals surface area contributed by atoms with Crippen LogP contribution in [0, 0.1) is 0 Å². The molecule has 1 aliphatic rings. The first-order chi connectivity index (χ1) is 17.0. The molecule has 188 valence electrons. The molecule has 3 rings (SSSR count). The maximum Gasteiger partial charge on any atom is 0.295 e. The SMILES string of the molecule is CCCCOc1ccc(C2/C(=C(/O)c3ccc(OCC)cc3OCC)C(=O)C(=O)N2CCC)cc1. The molecule has 0 spiro atoms. The standard InChI is InChI=1S/C28H35NO6/c1-5-9-17-35-20-12-10-19(11-13-20)25-24(27(31)28(32)29(25)16-6-2)26(30)22-15-14-21(33-7-3)18-23(22)34-8-4/h10-15,18,25,30H,5-9,16-17H2,1-4H3/b26-24-. The van der Waals surface area contributed by atoms with Crippen LogP contribution in [0.25, 0.3) is 5.76 Å². The first-order valence-corrected chi connectivity index (χ1v) is 12.4. The average Bonchev–Trinajstić information content (AvgIpc) is 3.10. The van der Waals surface area contributed by atoms with Crippen LogP contribution in [0.4, 0.5) is 0 Å². The third-order valence-electron chi connectivity index (χ3n) is 5.79. The number of Topliss-reactive ketones (excluding diaryl/α,β-unsaturated/α-hetero) is 1. The van der Waals surface area contributed by atoms with E-state index in [-0.39, 0.29) is 11.3 Å². The summed E-state index contributed by atoms with van der Waals surface area (Å²) < 4.78 is 17.1. The van der Waals surface area contributed by atoms with E-state index in [0.717, 1.165) is 24.2 Å². The number of unbranched alkanes of at least 4 members (excludes halogenated alkanes) is 1. The minimum absolute atomic E-state index is 0.0493. The molecule has 2 aromatic carbocycles. The van der Waals surface area contributed by atoms with Gasteiger partial charge >= 0.3 is 0 Å². The Bertz CT molecular complexity index is 1060. The van der Waals surface area contributed by atoms with E-state index >= 15 is 0 Å². The Balaban J connectivity index is 2.08. The third kappa shape index (κ3) is 5.78. The van der Waals surface area contributed by atoms with Gasteiger partial charge in [-0.1, -0.05) is 32.4 Å². The summed E-state index contributed by atoms with van der Waals surface area (Å²) in [6.45, 7) is 9.63. The molecule has 1 heterocycles. The molecule has 1 aliphatic heterocycles. The molecular formula is C28H35NO6. The van der Waals surface area contributed by atoms with E-state index < -0.39 is 17.7 Å². The lowest BCUT2D eigenvalue weighted by Gasteiger charge is -2.25. The number of carbonyl (C=O) groups is 2. The van der Waals surface area contributed by atoms with Crippen molar-refractivity contribution < 1.29 is 28.9 Å². The van der Waals surface area contributed by atoms with E-state index in [1.54, 1.807) is 18.2 Å². The zero-order chi connectivity index (χ0) is 25.4. The van der Waals surface area contributed by atoms with Crippen molar-refractivity contribution in [3.63, 3.8) is 0 Å². The van der Waals surface area contributed by atoms with Gasteiger partial charge in [-0.25, -0.2) is 0 Å². The van der Waals surface area contributed by atoms with Crippen molar-refractivity contribution in [2.45, 2.75) is 53.0 Å². The molecule has 1 unspecified atom stereocenters. The summed E-state index contributed by atoms with van der Waals surface area (Å²) in [6, 6.07) is 11.7. The van der Waals surface area contributed by atoms with Gasteiger partial charge in [0.2, 0.25) is 0 Å². The second kappa shape index (κ2) is 12.3. The van der Waals surface area contributed by atoms with E-state index in [2.05, 4.69) is 6.92 Å². The number of aliphatic hydroxyl groups is 1. The Morgan fingerprint density at radius 1 is 0.886 bits per heavy atom. The zero-order valence-electron chi connectivity index (χ0n) is 21.0. The Hall–Kier alpha value is -3.48. The highest BCUT2D eigenvalue weighted by atomic mass is 16.5. The molecule has 7 nitrogen and oxygen atoms in total. The third-order valence-corrected chi connectivity index (χ3v) is 5.79. The zero-order valence-corrected chi connectivity index (χ0v) is 21.0. The number of amides is 1. The lowest BCUT2D eigenvalue weighted by atomic mass is 9.95. The van der Waals surface area contributed by atoms with Gasteiger partial charge in [-0.05, 0) is 56.5 Å². The largest absolute Gasteiger partial charge is 0.507 e. The van der Waals surface area contributed by atoms with Crippen molar-refractivity contribution >= 4 is 17.4 Å². The number of hydrogen-bond acceptors (Lipinski definition) is 6. The fourth-order valence-corrected chi connectivity index (χ4v) is 4.15. The van der Waals surface area contributed by atoms with Crippen LogP contribution in [0.3, 0.4) is 0 Å². The van der Waals surface area contributed by atoms with Gasteiger partial charge in [-0.2, -0.15) is 0 Å². The molecule has 1 saturated heterocycles. The number of hydrogen-bond donors (Lipinski definition) is 1. The topological polar surface area (TPSA) is 85.3 Å². The summed E-state index contributed by atoms with van der Waals surface area (Å²) in [7, 11) is 0. The van der Waals surface area contributed by atoms with Crippen LogP contribution in [0.1, 0.15) is 64.1 Å². The van der Waals surface area contributed by atoms with Crippen LogP contribution in [-0.2, 0) is 9.59 Å². The van der Waals surface area contributed by atoms with Crippen LogP contribution < -0.4 is 14.2 Å². The molecule has 0 aromatic heterocycles. The minimum Gasteiger partial charge on any atom is -0.507 e. The second-order valence-electron chi connectivity index (χ2n) is 8.29. The monoisotopic (exact) mass is 481 g/mol. The average molecular weight is 482 g/mol. The molecule has 1 atom stereocenters. The lowest BCUT2D eigenvalue weighted by molar-refractivity contribution is -0.139. The summed E-state index contributed by atoms with van der Waals surface area (Å²) in [6.07, 6.45) is 2.68. The van der Waals surface area contributed by atoms with Crippen molar-refractivity contribution in [1.82, 2.24) is 4.90 Å². The van der Waals surface area contributed by atoms with Gasteiger partial charge in [0.05, 0.1) is 37.0 Å². The maximum absolute atomic E-state index is 13.2. The van der Waals surface area contributed by atoms with Crippen molar-refractivity contribution in [2.75, 3.05) is 26.4 Å². The highest BCUT2D eigenvalue weighted by Crippen LogP contribution is 2.42. The summed E-state index contributed by atoms with van der Waals surface area (Å²) in [5.74, 6) is 0.109. The Morgan fingerprint density at radius 3 is 2.20 bits per heavy atom. The predicted molar refractivity (Wildman–Crippen MR) is 135 cm³/mol. The highest BCUT2D eigenvalue weighted by Gasteiger charge is 2.46. The fraction of sp³-hybridized carbons (Fsp3) is 0.429. The second-order valence-corrected chi connectivity index (χ2v) is 8.29. The molecule has 1 amide bonds. The molecule has 0 saturated carbocycles. The van der Waals surface area contributed by atoms with Gasteiger partial charge < -0.3 is 24.2 Å². The van der Waals surface area contributed by atoms with Gasteiger partial charge in [-0.3, -0.25) is 9.59 Å². The van der Waals surface area contributed by atoms with Crippen molar-refractivity contribution in [2.24, 2.45) is 0 Å². The predicted octanol–water partition coefficient (Wildman–Crippen LogP) is 5.49. The van der Waals surface area contributed by atoms with Gasteiger partial charge in [0.25, 0.3) is 11.7 Å². The number of ether oxygens (including phenoxy) is 3. The minimum atomic E-state index is -0.708. The van der Waals surface area contributed by atoms with Crippen LogP contribution in [-0.4, -0.2) is 48.1 Å². The highest BCUT2D eigenvalue weighted by molar-refractivity contribution is 6.46. The first-order valence-electron chi connectivity index (χ1n) is 12.4. The fourth-order valence-electron chi connectivity index (χ4n) is 4.15.